The Hall–Kier alpha value is -6.79. The lowest BCUT2D eigenvalue weighted by Crippen LogP contribution is -2.60. The number of likely N-dealkylation sites (tertiary alicyclic amines) is 1. The van der Waals surface area contributed by atoms with Crippen molar-refractivity contribution in [2.24, 2.45) is 50.9 Å². The van der Waals surface area contributed by atoms with Crippen LogP contribution in [-0.2, 0) is 49.6 Å². The SMILES string of the molecule is C[C@H](NC(=O)[C@@H](NC(=O)[C@@H](N)CCCCN)[C@@H](O)CN)C(=O)NCC(=O)N[C@H](CCCN)C(=O)N1CCC[C@H]1C(=O)N[C@@H](Cc1cnc[nH]1)C(=O)N[C@@H](CCCCN)C(=O)N/C(=C\CCN=C(N)N)C(N)=O. The van der Waals surface area contributed by atoms with Gasteiger partial charge in [0.05, 0.1) is 25.0 Å². The standard InChI is InChI=1S/C43H77N19O10/c1-24(56-41(71)34(32(63)20-47)61-37(67)26(48)9-2-4-14-44)36(66)54-22-33(64)57-29(11-6-16-46)42(72)62-18-8-13-31(62)40(70)60-30(19-25-21-52-23-55-25)39(69)59-28(10-3-5-15-45)38(68)58-27(35(49)65)12-7-17-53-43(50)51/h12,21,23-24,26,28-32,34,63H,2-11,13-20,22,44-48H2,1H3,(H2,49,65)(H,52,55)(H,54,66)(H,56,71)(H,57,64)(H,58,68)(H,59,69)(H,60,70)(H,61,67)(H4,50,51,53)/b27-12-/t24-,26-,28-,29+,30-,31-,32-,34-/m0/s1. The molecular weight excluding hydrogens is 943 g/mol. The Morgan fingerprint density at radius 3 is 2.08 bits per heavy atom. The number of guanidine groups is 1. The number of nitrogens with one attached hydrogen (secondary N) is 8. The van der Waals surface area contributed by atoms with Crippen molar-refractivity contribution in [2.75, 3.05) is 45.8 Å². The Morgan fingerprint density at radius 1 is 0.806 bits per heavy atom. The van der Waals surface area contributed by atoms with Gasteiger partial charge >= 0.3 is 0 Å². The first-order valence-corrected chi connectivity index (χ1v) is 23.9. The summed E-state index contributed by atoms with van der Waals surface area (Å²) in [5, 5.41) is 27.9. The zero-order valence-electron chi connectivity index (χ0n) is 40.9. The van der Waals surface area contributed by atoms with Crippen molar-refractivity contribution >= 4 is 59.1 Å². The van der Waals surface area contributed by atoms with Gasteiger partial charge < -0.3 is 98.1 Å². The monoisotopic (exact) mass is 1020 g/mol. The molecule has 404 valence electrons. The second kappa shape index (κ2) is 33.0. The molecule has 0 saturated carbocycles. The minimum absolute atomic E-state index is 0.0565. The van der Waals surface area contributed by atoms with E-state index in [0.29, 0.717) is 50.9 Å². The highest BCUT2D eigenvalue weighted by atomic mass is 16.3. The van der Waals surface area contributed by atoms with Gasteiger partial charge in [0.1, 0.15) is 41.9 Å². The number of aromatic amines is 1. The number of aliphatic hydroxyl groups excluding tert-OH is 1. The number of carbonyl (C=O) groups is 9. The molecule has 0 aliphatic carbocycles. The zero-order valence-corrected chi connectivity index (χ0v) is 40.9. The summed E-state index contributed by atoms with van der Waals surface area (Å²) in [7, 11) is 0. The van der Waals surface area contributed by atoms with Crippen molar-refractivity contribution in [3.05, 3.63) is 30.0 Å². The van der Waals surface area contributed by atoms with Crippen LogP contribution in [0.3, 0.4) is 0 Å². The summed E-state index contributed by atoms with van der Waals surface area (Å²) in [5.74, 6) is -7.31. The lowest BCUT2D eigenvalue weighted by atomic mass is 10.1. The normalized spacial score (nSPS) is 16.3. The van der Waals surface area contributed by atoms with Crippen LogP contribution in [0.15, 0.2) is 29.3 Å². The summed E-state index contributed by atoms with van der Waals surface area (Å²) in [6.07, 6.45) is 5.99. The topological polar surface area (TPSA) is 511 Å². The van der Waals surface area contributed by atoms with Crippen molar-refractivity contribution in [2.45, 2.75) is 132 Å². The average molecular weight is 1020 g/mol. The molecule has 25 N–H and O–H groups in total. The van der Waals surface area contributed by atoms with Crippen LogP contribution in [0.5, 0.6) is 0 Å². The first kappa shape index (κ1) is 61.3. The summed E-state index contributed by atoms with van der Waals surface area (Å²) >= 11 is 0. The third-order valence-electron chi connectivity index (χ3n) is 11.3. The molecule has 1 saturated heterocycles. The fraction of sp³-hybridized carbons (Fsp3) is 0.651. The predicted octanol–water partition coefficient (Wildman–Crippen LogP) is -7.70. The van der Waals surface area contributed by atoms with Gasteiger partial charge in [0.25, 0.3) is 5.91 Å². The van der Waals surface area contributed by atoms with Gasteiger partial charge in [-0.3, -0.25) is 48.1 Å². The Morgan fingerprint density at radius 2 is 1.47 bits per heavy atom. The minimum Gasteiger partial charge on any atom is -0.389 e. The number of rotatable bonds is 34. The van der Waals surface area contributed by atoms with Crippen molar-refractivity contribution in [3.8, 4) is 0 Å². The van der Waals surface area contributed by atoms with E-state index >= 15 is 0 Å². The van der Waals surface area contributed by atoms with Gasteiger partial charge in [0, 0.05) is 37.9 Å². The molecule has 29 nitrogen and oxygen atoms in total. The van der Waals surface area contributed by atoms with Crippen molar-refractivity contribution < 1.29 is 48.3 Å². The van der Waals surface area contributed by atoms with Crippen molar-refractivity contribution in [3.63, 3.8) is 0 Å². The van der Waals surface area contributed by atoms with Gasteiger partial charge in [-0.15, -0.1) is 0 Å². The molecule has 8 atom stereocenters. The molecule has 0 unspecified atom stereocenters. The van der Waals surface area contributed by atoms with Crippen LogP contribution >= 0.6 is 0 Å². The van der Waals surface area contributed by atoms with E-state index < -0.39 is 115 Å². The van der Waals surface area contributed by atoms with Crippen LogP contribution in [0.1, 0.15) is 83.2 Å². The predicted molar refractivity (Wildman–Crippen MR) is 263 cm³/mol. The van der Waals surface area contributed by atoms with E-state index in [1.54, 1.807) is 0 Å². The number of nitrogens with two attached hydrogens (primary N) is 8. The Balaban J connectivity index is 2.20. The summed E-state index contributed by atoms with van der Waals surface area (Å²) in [4.78, 5) is 132. The minimum atomic E-state index is -1.56. The number of unbranched alkanes of at least 4 members (excludes halogenated alkanes) is 2. The summed E-state index contributed by atoms with van der Waals surface area (Å²) in [6, 6.07) is -8.68. The molecule has 1 aromatic rings. The second-order valence-corrected chi connectivity index (χ2v) is 17.1. The molecule has 1 aliphatic rings. The smallest absolute Gasteiger partial charge is 0.264 e. The first-order valence-electron chi connectivity index (χ1n) is 23.9. The zero-order chi connectivity index (χ0) is 53.8. The van der Waals surface area contributed by atoms with Crippen LogP contribution < -0.4 is 83.1 Å². The number of H-pyrrole nitrogens is 1. The molecule has 72 heavy (non-hydrogen) atoms. The molecule has 1 aliphatic heterocycles. The van der Waals surface area contributed by atoms with E-state index in [4.69, 9.17) is 45.9 Å². The van der Waals surface area contributed by atoms with E-state index in [-0.39, 0.29) is 76.2 Å². The fourth-order valence-corrected chi connectivity index (χ4v) is 7.35. The Labute approximate surface area is 417 Å². The molecule has 0 radical (unpaired) electrons. The molecule has 2 rings (SSSR count). The van der Waals surface area contributed by atoms with Gasteiger partial charge in [-0.2, -0.15) is 0 Å². The lowest BCUT2D eigenvalue weighted by molar-refractivity contribution is -0.142. The van der Waals surface area contributed by atoms with Gasteiger partial charge in [0.15, 0.2) is 5.96 Å². The van der Waals surface area contributed by atoms with Crippen LogP contribution in [0.2, 0.25) is 0 Å². The quantitative estimate of drug-likeness (QED) is 0.0132. The molecule has 1 aromatic heterocycles. The fourth-order valence-electron chi connectivity index (χ4n) is 7.35. The Kier molecular flexibility index (Phi) is 28.1. The maximum atomic E-state index is 14.2. The molecule has 0 aromatic carbocycles. The number of hydrogen-bond donors (Lipinski definition) is 17. The van der Waals surface area contributed by atoms with Gasteiger partial charge in [0.2, 0.25) is 47.3 Å². The van der Waals surface area contributed by atoms with Crippen LogP contribution in [-0.4, -0.2) is 173 Å². The molecule has 29 heteroatoms. The van der Waals surface area contributed by atoms with Crippen LogP contribution in [0, 0.1) is 0 Å². The number of aromatic nitrogens is 2. The van der Waals surface area contributed by atoms with E-state index in [1.807, 2.05) is 0 Å². The molecule has 9 amide bonds. The number of aliphatic hydroxyl groups is 1. The molecule has 2 heterocycles. The molecular formula is C43H77N19O10. The van der Waals surface area contributed by atoms with Crippen LogP contribution in [0.25, 0.3) is 0 Å². The van der Waals surface area contributed by atoms with E-state index in [1.165, 1.54) is 30.4 Å². The average Bonchev–Trinajstić information content (AvgIpc) is 4.06. The number of amides is 9. The third kappa shape index (κ3) is 21.7. The van der Waals surface area contributed by atoms with E-state index in [9.17, 15) is 48.3 Å². The summed E-state index contributed by atoms with van der Waals surface area (Å²) < 4.78 is 0. The van der Waals surface area contributed by atoms with Crippen molar-refractivity contribution in [1.82, 2.24) is 52.1 Å². The van der Waals surface area contributed by atoms with E-state index in [0.717, 1.165) is 0 Å². The lowest BCUT2D eigenvalue weighted by Gasteiger charge is -2.30. The van der Waals surface area contributed by atoms with Gasteiger partial charge in [-0.25, -0.2) is 4.98 Å². The molecule has 0 bridgehead atoms. The second-order valence-electron chi connectivity index (χ2n) is 17.1. The van der Waals surface area contributed by atoms with Crippen LogP contribution in [0.4, 0.5) is 0 Å². The number of primary amides is 1. The summed E-state index contributed by atoms with van der Waals surface area (Å²) in [5.41, 5.74) is 44.8. The van der Waals surface area contributed by atoms with Crippen molar-refractivity contribution in [1.29, 1.82) is 0 Å². The number of carbonyl (C=O) groups excluding carboxylic acids is 9. The third-order valence-corrected chi connectivity index (χ3v) is 11.3. The molecule has 0 spiro atoms. The number of imidazole rings is 1. The maximum absolute atomic E-state index is 14.2. The highest BCUT2D eigenvalue weighted by Gasteiger charge is 2.39. The molecule has 1 fully saturated rings. The number of nitrogens with zero attached hydrogens (tertiary/aromatic N) is 3. The highest BCUT2D eigenvalue weighted by molar-refractivity contribution is 6.00. The van der Waals surface area contributed by atoms with Gasteiger partial charge in [-0.05, 0) is 90.8 Å². The number of aliphatic imine (C=N–C) groups is 1. The maximum Gasteiger partial charge on any atom is 0.264 e. The largest absolute Gasteiger partial charge is 0.389 e. The summed E-state index contributed by atoms with van der Waals surface area (Å²) in [6.45, 7) is 1.29. The number of hydrogen-bond acceptors (Lipinski definition) is 17. The first-order chi connectivity index (χ1) is 34.3. The highest BCUT2D eigenvalue weighted by Crippen LogP contribution is 2.20. The van der Waals surface area contributed by atoms with E-state index in [2.05, 4.69) is 52.2 Å². The van der Waals surface area contributed by atoms with Gasteiger partial charge in [-0.1, -0.05) is 12.5 Å². The Bertz CT molecular complexity index is 2000.